The predicted octanol–water partition coefficient (Wildman–Crippen LogP) is 4.40. The molecule has 2 aromatic carbocycles. The molecule has 1 N–H and O–H groups in total. The van der Waals surface area contributed by atoms with E-state index in [1.807, 2.05) is 59.0 Å². The van der Waals surface area contributed by atoms with Gasteiger partial charge in [0.2, 0.25) is 0 Å². The summed E-state index contributed by atoms with van der Waals surface area (Å²) in [6.07, 6.45) is 5.67. The highest BCUT2D eigenvalue weighted by atomic mass is 16.5. The second-order valence-corrected chi connectivity index (χ2v) is 7.79. The minimum Gasteiger partial charge on any atom is -0.494 e. The fourth-order valence-electron chi connectivity index (χ4n) is 3.65. The van der Waals surface area contributed by atoms with E-state index in [4.69, 9.17) is 14.2 Å². The van der Waals surface area contributed by atoms with E-state index in [2.05, 4.69) is 10.3 Å². The summed E-state index contributed by atoms with van der Waals surface area (Å²) in [5, 5.41) is 3.02. The first-order chi connectivity index (χ1) is 15.5. The molecule has 1 aliphatic rings. The third-order valence-corrected chi connectivity index (χ3v) is 5.47. The van der Waals surface area contributed by atoms with E-state index in [-0.39, 0.29) is 12.1 Å². The van der Waals surface area contributed by atoms with E-state index in [0.29, 0.717) is 29.5 Å². The largest absolute Gasteiger partial charge is 0.494 e. The number of rotatable bonds is 8. The Morgan fingerprint density at radius 2 is 1.81 bits per heavy atom. The van der Waals surface area contributed by atoms with E-state index in [1.54, 1.807) is 27.7 Å². The molecule has 0 saturated heterocycles. The topological polar surface area (TPSA) is 77.9 Å². The number of methoxy groups -OCH3 is 3. The number of carbonyl (C=O) groups is 1. The van der Waals surface area contributed by atoms with Crippen molar-refractivity contribution in [2.75, 3.05) is 26.6 Å². The van der Waals surface area contributed by atoms with Crippen LogP contribution in [0.4, 0.5) is 10.5 Å². The highest BCUT2D eigenvalue weighted by molar-refractivity contribution is 5.90. The number of aromatic nitrogens is 2. The maximum Gasteiger partial charge on any atom is 0.322 e. The van der Waals surface area contributed by atoms with Crippen molar-refractivity contribution in [2.45, 2.75) is 32.4 Å². The van der Waals surface area contributed by atoms with Crippen molar-refractivity contribution in [3.05, 3.63) is 60.2 Å². The normalized spacial score (nSPS) is 12.9. The zero-order chi connectivity index (χ0) is 22.7. The van der Waals surface area contributed by atoms with Crippen LogP contribution in [-0.2, 0) is 6.54 Å². The molecule has 8 heteroatoms. The molecule has 0 unspecified atom stereocenters. The van der Waals surface area contributed by atoms with Crippen molar-refractivity contribution in [2.24, 2.45) is 0 Å². The number of hydrogen-bond acceptors (Lipinski definition) is 5. The standard InChI is InChI=1S/C24H28N4O4/c1-16-13-27(15-25-16)20-9-6-18(12-22(20)31-3)26-24(29)28(19-7-8-19)14-17-5-10-21(30-2)23(11-17)32-4/h5-6,9-13,15,19H,7-8,14H2,1-4H3,(H,26,29). The Balaban J connectivity index is 1.51. The summed E-state index contributed by atoms with van der Waals surface area (Å²) >= 11 is 0. The van der Waals surface area contributed by atoms with Crippen LogP contribution >= 0.6 is 0 Å². The molecule has 1 saturated carbocycles. The second-order valence-electron chi connectivity index (χ2n) is 7.79. The quantitative estimate of drug-likeness (QED) is 0.566. The summed E-state index contributed by atoms with van der Waals surface area (Å²) in [6.45, 7) is 2.42. The fourth-order valence-corrected chi connectivity index (χ4v) is 3.65. The smallest absolute Gasteiger partial charge is 0.322 e. The average Bonchev–Trinajstić information content (AvgIpc) is 3.56. The number of nitrogens with one attached hydrogen (secondary N) is 1. The van der Waals surface area contributed by atoms with Crippen LogP contribution < -0.4 is 19.5 Å². The highest BCUT2D eigenvalue weighted by Gasteiger charge is 2.33. The second kappa shape index (κ2) is 9.21. The molecule has 0 atom stereocenters. The number of imidazole rings is 1. The van der Waals surface area contributed by atoms with Gasteiger partial charge in [-0.1, -0.05) is 6.07 Å². The first-order valence-electron chi connectivity index (χ1n) is 10.5. The van der Waals surface area contributed by atoms with Crippen molar-refractivity contribution in [1.29, 1.82) is 0 Å². The van der Waals surface area contributed by atoms with Gasteiger partial charge in [0.15, 0.2) is 11.5 Å². The molecule has 1 aromatic heterocycles. The number of hydrogen-bond donors (Lipinski definition) is 1. The Bertz CT molecular complexity index is 1110. The predicted molar refractivity (Wildman–Crippen MR) is 122 cm³/mol. The van der Waals surface area contributed by atoms with Gasteiger partial charge in [-0.2, -0.15) is 0 Å². The summed E-state index contributed by atoms with van der Waals surface area (Å²) in [7, 11) is 4.83. The van der Waals surface area contributed by atoms with Gasteiger partial charge in [0.25, 0.3) is 0 Å². The molecule has 0 spiro atoms. The fraction of sp³-hybridized carbons (Fsp3) is 0.333. The number of nitrogens with zero attached hydrogens (tertiary/aromatic N) is 3. The van der Waals surface area contributed by atoms with E-state index in [1.165, 1.54) is 0 Å². The van der Waals surface area contributed by atoms with Crippen LogP contribution in [0.3, 0.4) is 0 Å². The lowest BCUT2D eigenvalue weighted by Gasteiger charge is -2.24. The van der Waals surface area contributed by atoms with Gasteiger partial charge in [0.1, 0.15) is 5.75 Å². The third-order valence-electron chi connectivity index (χ3n) is 5.47. The van der Waals surface area contributed by atoms with E-state index >= 15 is 0 Å². The van der Waals surface area contributed by atoms with Crippen molar-refractivity contribution in [3.8, 4) is 22.9 Å². The van der Waals surface area contributed by atoms with E-state index in [9.17, 15) is 4.79 Å². The summed E-state index contributed by atoms with van der Waals surface area (Å²) < 4.78 is 18.2. The number of amides is 2. The molecule has 2 amide bonds. The van der Waals surface area contributed by atoms with Gasteiger partial charge in [-0.3, -0.25) is 0 Å². The summed E-state index contributed by atoms with van der Waals surface area (Å²) in [5.41, 5.74) is 3.42. The number of carbonyl (C=O) groups excluding carboxylic acids is 1. The molecule has 4 rings (SSSR count). The monoisotopic (exact) mass is 436 g/mol. The molecule has 32 heavy (non-hydrogen) atoms. The molecule has 0 radical (unpaired) electrons. The Hall–Kier alpha value is -3.68. The molecular formula is C24H28N4O4. The lowest BCUT2D eigenvalue weighted by atomic mass is 10.2. The van der Waals surface area contributed by atoms with E-state index < -0.39 is 0 Å². The summed E-state index contributed by atoms with van der Waals surface area (Å²) in [6, 6.07) is 11.4. The molecule has 1 fully saturated rings. The Kier molecular flexibility index (Phi) is 6.20. The maximum atomic E-state index is 13.1. The minimum absolute atomic E-state index is 0.143. The van der Waals surface area contributed by atoms with Crippen LogP contribution in [0, 0.1) is 6.92 Å². The number of anilines is 1. The van der Waals surface area contributed by atoms with Crippen LogP contribution in [-0.4, -0.2) is 47.9 Å². The first-order valence-corrected chi connectivity index (χ1v) is 10.5. The Labute approximate surface area is 187 Å². The van der Waals surface area contributed by atoms with Crippen LogP contribution in [0.5, 0.6) is 17.2 Å². The SMILES string of the molecule is COc1ccc(CN(C(=O)Nc2ccc(-n3cnc(C)c3)c(OC)c2)C2CC2)cc1OC. The summed E-state index contributed by atoms with van der Waals surface area (Å²) in [4.78, 5) is 19.3. The van der Waals surface area contributed by atoms with Crippen molar-refractivity contribution < 1.29 is 19.0 Å². The number of ether oxygens (including phenoxy) is 3. The van der Waals surface area contributed by atoms with Crippen LogP contribution in [0.25, 0.3) is 5.69 Å². The van der Waals surface area contributed by atoms with Crippen LogP contribution in [0.2, 0.25) is 0 Å². The molecule has 1 heterocycles. The molecular weight excluding hydrogens is 408 g/mol. The van der Waals surface area contributed by atoms with Gasteiger partial charge in [-0.15, -0.1) is 0 Å². The zero-order valence-corrected chi connectivity index (χ0v) is 18.8. The lowest BCUT2D eigenvalue weighted by molar-refractivity contribution is 0.206. The van der Waals surface area contributed by atoms with Gasteiger partial charge in [0, 0.05) is 30.5 Å². The molecule has 8 nitrogen and oxygen atoms in total. The molecule has 3 aromatic rings. The van der Waals surface area contributed by atoms with Gasteiger partial charge in [0.05, 0.1) is 39.0 Å². The van der Waals surface area contributed by atoms with E-state index in [0.717, 1.165) is 29.8 Å². The van der Waals surface area contributed by atoms with Gasteiger partial charge < -0.3 is 29.0 Å². The molecule has 1 aliphatic carbocycles. The summed E-state index contributed by atoms with van der Waals surface area (Å²) in [5.74, 6) is 1.97. The van der Waals surface area contributed by atoms with Crippen molar-refractivity contribution >= 4 is 11.7 Å². The van der Waals surface area contributed by atoms with Crippen LogP contribution in [0.15, 0.2) is 48.9 Å². The third kappa shape index (κ3) is 4.64. The number of urea groups is 1. The first kappa shape index (κ1) is 21.5. The van der Waals surface area contributed by atoms with Crippen LogP contribution in [0.1, 0.15) is 24.1 Å². The number of benzene rings is 2. The number of aryl methyl sites for hydroxylation is 1. The highest BCUT2D eigenvalue weighted by Crippen LogP contribution is 2.33. The van der Waals surface area contributed by atoms with Gasteiger partial charge in [-0.25, -0.2) is 9.78 Å². The molecule has 168 valence electrons. The maximum absolute atomic E-state index is 13.1. The van der Waals surface area contributed by atoms with Gasteiger partial charge >= 0.3 is 6.03 Å². The van der Waals surface area contributed by atoms with Crippen molar-refractivity contribution in [3.63, 3.8) is 0 Å². The van der Waals surface area contributed by atoms with Crippen molar-refractivity contribution in [1.82, 2.24) is 14.5 Å². The molecule has 0 aliphatic heterocycles. The lowest BCUT2D eigenvalue weighted by Crippen LogP contribution is -2.36. The Morgan fingerprint density at radius 1 is 1.06 bits per heavy atom. The minimum atomic E-state index is -0.143. The molecule has 0 bridgehead atoms. The Morgan fingerprint density at radius 3 is 2.44 bits per heavy atom. The average molecular weight is 437 g/mol. The van der Waals surface area contributed by atoms with Gasteiger partial charge in [-0.05, 0) is 49.6 Å². The zero-order valence-electron chi connectivity index (χ0n) is 18.8.